The third-order valence-electron chi connectivity index (χ3n) is 4.54. The summed E-state index contributed by atoms with van der Waals surface area (Å²) in [5.74, 6) is 0.158. The molecule has 32 heavy (non-hydrogen) atoms. The Kier molecular flexibility index (Phi) is 8.45. The third-order valence-corrected chi connectivity index (χ3v) is 6.43. The highest BCUT2D eigenvalue weighted by atomic mass is 35.5. The average Bonchev–Trinajstić information content (AvgIpc) is 2.77. The molecule has 0 fully saturated rings. The Labute approximate surface area is 201 Å². The van der Waals surface area contributed by atoms with Crippen LogP contribution in [0.5, 0.6) is 5.75 Å². The largest absolute Gasteiger partial charge is 0.495 e. The van der Waals surface area contributed by atoms with Crippen LogP contribution >= 0.6 is 35.0 Å². The molecule has 1 atom stereocenters. The number of halogens is 2. The lowest BCUT2D eigenvalue weighted by molar-refractivity contribution is -0.115. The van der Waals surface area contributed by atoms with Crippen molar-refractivity contribution in [3.8, 4) is 5.75 Å². The molecule has 2 N–H and O–H groups in total. The van der Waals surface area contributed by atoms with E-state index in [1.807, 2.05) is 25.1 Å². The van der Waals surface area contributed by atoms with E-state index >= 15 is 0 Å². The second kappa shape index (κ2) is 11.3. The van der Waals surface area contributed by atoms with Crippen LogP contribution in [0.2, 0.25) is 10.0 Å². The summed E-state index contributed by atoms with van der Waals surface area (Å²) in [7, 11) is 1.54. The highest BCUT2D eigenvalue weighted by Gasteiger charge is 2.19. The van der Waals surface area contributed by atoms with Gasteiger partial charge in [-0.25, -0.2) is 0 Å². The van der Waals surface area contributed by atoms with Crippen molar-refractivity contribution in [3.05, 3.63) is 82.3 Å². The molecule has 0 aliphatic carbocycles. The summed E-state index contributed by atoms with van der Waals surface area (Å²) in [5, 5.41) is 6.36. The van der Waals surface area contributed by atoms with Crippen molar-refractivity contribution in [2.24, 2.45) is 0 Å². The smallest absolute Gasteiger partial charge is 0.255 e. The molecule has 0 spiro atoms. The van der Waals surface area contributed by atoms with Crippen LogP contribution in [0.1, 0.15) is 23.7 Å². The second-order valence-electron chi connectivity index (χ2n) is 6.85. The Balaban J connectivity index is 1.66. The van der Waals surface area contributed by atoms with Crippen molar-refractivity contribution in [3.63, 3.8) is 0 Å². The van der Waals surface area contributed by atoms with Gasteiger partial charge in [-0.3, -0.25) is 9.59 Å². The zero-order valence-corrected chi connectivity index (χ0v) is 19.9. The third kappa shape index (κ3) is 6.42. The first-order valence-electron chi connectivity index (χ1n) is 9.87. The summed E-state index contributed by atoms with van der Waals surface area (Å²) >= 11 is 13.5. The summed E-state index contributed by atoms with van der Waals surface area (Å²) in [6, 6.07) is 19.2. The number of anilines is 2. The van der Waals surface area contributed by atoms with Gasteiger partial charge in [0, 0.05) is 26.9 Å². The van der Waals surface area contributed by atoms with Gasteiger partial charge in [0.2, 0.25) is 5.91 Å². The van der Waals surface area contributed by atoms with E-state index in [9.17, 15) is 9.59 Å². The van der Waals surface area contributed by atoms with Gasteiger partial charge < -0.3 is 15.4 Å². The van der Waals surface area contributed by atoms with Crippen LogP contribution in [0.4, 0.5) is 11.4 Å². The molecule has 3 aromatic rings. The minimum absolute atomic E-state index is 0.132. The maximum Gasteiger partial charge on any atom is 0.255 e. The van der Waals surface area contributed by atoms with Crippen molar-refractivity contribution >= 4 is 58.2 Å². The van der Waals surface area contributed by atoms with Gasteiger partial charge in [0.15, 0.2) is 0 Å². The molecule has 8 heteroatoms. The van der Waals surface area contributed by atoms with Crippen molar-refractivity contribution in [2.45, 2.75) is 23.5 Å². The molecular weight excluding hydrogens is 467 g/mol. The van der Waals surface area contributed by atoms with Gasteiger partial charge in [0.1, 0.15) is 5.75 Å². The van der Waals surface area contributed by atoms with E-state index in [2.05, 4.69) is 10.6 Å². The lowest BCUT2D eigenvalue weighted by atomic mass is 10.2. The molecule has 5 nitrogen and oxygen atoms in total. The van der Waals surface area contributed by atoms with Crippen LogP contribution in [-0.4, -0.2) is 24.2 Å². The van der Waals surface area contributed by atoms with Crippen LogP contribution in [-0.2, 0) is 4.79 Å². The molecular formula is C24H22Cl2N2O3S. The number of carbonyl (C=O) groups excluding carboxylic acids is 2. The first kappa shape index (κ1) is 24.0. The number of methoxy groups -OCH3 is 1. The van der Waals surface area contributed by atoms with E-state index < -0.39 is 0 Å². The summed E-state index contributed by atoms with van der Waals surface area (Å²) in [6.45, 7) is 1.95. The molecule has 0 aromatic heterocycles. The molecule has 3 aromatic carbocycles. The van der Waals surface area contributed by atoms with E-state index in [4.69, 9.17) is 27.9 Å². The maximum absolute atomic E-state index is 12.8. The molecule has 0 heterocycles. The van der Waals surface area contributed by atoms with Crippen LogP contribution in [0.15, 0.2) is 71.6 Å². The van der Waals surface area contributed by atoms with Crippen LogP contribution < -0.4 is 15.4 Å². The topological polar surface area (TPSA) is 67.4 Å². The van der Waals surface area contributed by atoms with Gasteiger partial charge in [-0.05, 0) is 61.0 Å². The van der Waals surface area contributed by atoms with Crippen LogP contribution in [0.25, 0.3) is 0 Å². The van der Waals surface area contributed by atoms with Gasteiger partial charge in [-0.2, -0.15) is 0 Å². The Morgan fingerprint density at radius 2 is 1.72 bits per heavy atom. The fraction of sp³-hybridized carbons (Fsp3) is 0.167. The van der Waals surface area contributed by atoms with Gasteiger partial charge in [-0.15, -0.1) is 11.8 Å². The van der Waals surface area contributed by atoms with Gasteiger partial charge in [0.05, 0.1) is 17.4 Å². The van der Waals surface area contributed by atoms with Gasteiger partial charge >= 0.3 is 0 Å². The molecule has 0 radical (unpaired) electrons. The number of amides is 2. The molecule has 2 amide bonds. The van der Waals surface area contributed by atoms with E-state index in [-0.39, 0.29) is 17.1 Å². The van der Waals surface area contributed by atoms with E-state index in [0.29, 0.717) is 39.2 Å². The van der Waals surface area contributed by atoms with Crippen LogP contribution in [0.3, 0.4) is 0 Å². The number of carbonyl (C=O) groups is 2. The highest BCUT2D eigenvalue weighted by molar-refractivity contribution is 8.00. The number of nitrogens with one attached hydrogen (secondary N) is 2. The van der Waals surface area contributed by atoms with Crippen molar-refractivity contribution in [2.75, 3.05) is 17.7 Å². The Bertz CT molecular complexity index is 1120. The lowest BCUT2D eigenvalue weighted by Gasteiger charge is -2.16. The summed E-state index contributed by atoms with van der Waals surface area (Å²) in [6.07, 6.45) is 0.624. The average molecular weight is 489 g/mol. The number of hydrogen-bond acceptors (Lipinski definition) is 4. The first-order valence-corrected chi connectivity index (χ1v) is 11.5. The molecule has 3 rings (SSSR count). The summed E-state index contributed by atoms with van der Waals surface area (Å²) in [4.78, 5) is 26.1. The second-order valence-corrected chi connectivity index (χ2v) is 8.97. The first-order chi connectivity index (χ1) is 15.4. The highest BCUT2D eigenvalue weighted by Crippen LogP contribution is 2.30. The van der Waals surface area contributed by atoms with E-state index in [1.165, 1.54) is 18.9 Å². The number of benzene rings is 3. The van der Waals surface area contributed by atoms with Crippen molar-refractivity contribution in [1.82, 2.24) is 0 Å². The predicted molar refractivity (Wildman–Crippen MR) is 132 cm³/mol. The Hall–Kier alpha value is -2.67. The number of ether oxygens (including phenoxy) is 1. The molecule has 0 saturated heterocycles. The van der Waals surface area contributed by atoms with Crippen molar-refractivity contribution < 1.29 is 14.3 Å². The molecule has 0 aliphatic heterocycles. The molecule has 0 bridgehead atoms. The summed E-state index contributed by atoms with van der Waals surface area (Å²) in [5.41, 5.74) is 1.71. The van der Waals surface area contributed by atoms with Crippen molar-refractivity contribution in [1.29, 1.82) is 0 Å². The molecule has 0 saturated carbocycles. The lowest BCUT2D eigenvalue weighted by Crippen LogP contribution is -2.24. The minimum atomic E-state index is -0.324. The van der Waals surface area contributed by atoms with Gasteiger partial charge in [0.25, 0.3) is 5.91 Å². The quantitative estimate of drug-likeness (QED) is 0.343. The normalized spacial score (nSPS) is 11.5. The fourth-order valence-corrected chi connectivity index (χ4v) is 4.39. The predicted octanol–water partition coefficient (Wildman–Crippen LogP) is 6.76. The number of thioether (sulfide) groups is 1. The molecule has 166 valence electrons. The number of hydrogen-bond donors (Lipinski definition) is 2. The van der Waals surface area contributed by atoms with Crippen LogP contribution in [0, 0.1) is 0 Å². The zero-order valence-electron chi connectivity index (χ0n) is 17.5. The monoisotopic (exact) mass is 488 g/mol. The van der Waals surface area contributed by atoms with E-state index in [0.717, 1.165) is 4.90 Å². The zero-order chi connectivity index (χ0) is 23.1. The SMILES string of the molecule is CCC(Sc1cccc(NC(=O)c2cccc(Cl)c2)c1)C(=O)Nc1ccc(OC)c(Cl)c1. The number of rotatable bonds is 8. The molecule has 1 unspecified atom stereocenters. The fourth-order valence-electron chi connectivity index (χ4n) is 2.93. The maximum atomic E-state index is 12.8. The standard InChI is InChI=1S/C24H22Cl2N2O3S/c1-3-22(24(30)28-18-10-11-21(31-2)20(26)14-18)32-19-9-5-8-17(13-19)27-23(29)15-6-4-7-16(25)12-15/h4-14,22H,3H2,1-2H3,(H,27,29)(H,28,30). The minimum Gasteiger partial charge on any atom is -0.495 e. The summed E-state index contributed by atoms with van der Waals surface area (Å²) < 4.78 is 5.14. The Morgan fingerprint density at radius 3 is 2.41 bits per heavy atom. The van der Waals surface area contributed by atoms with Gasteiger partial charge in [-0.1, -0.05) is 42.3 Å². The molecule has 0 aliphatic rings. The van der Waals surface area contributed by atoms with E-state index in [1.54, 1.807) is 48.5 Å². The Morgan fingerprint density at radius 1 is 0.969 bits per heavy atom.